The molecule has 0 N–H and O–H groups in total. The van der Waals surface area contributed by atoms with Crippen molar-refractivity contribution in [3.05, 3.63) is 17.8 Å². The summed E-state index contributed by atoms with van der Waals surface area (Å²) in [7, 11) is 0. The zero-order chi connectivity index (χ0) is 10.3. The van der Waals surface area contributed by atoms with E-state index >= 15 is 0 Å². The summed E-state index contributed by atoms with van der Waals surface area (Å²) in [6.45, 7) is 8.15. The van der Waals surface area contributed by atoms with Crippen LogP contribution in [0, 0.1) is 20.2 Å². The van der Waals surface area contributed by atoms with Crippen molar-refractivity contribution in [2.45, 2.75) is 33.7 Å². The molecule has 15 heavy (non-hydrogen) atoms. The number of fused-ring (bicyclic) bond motifs is 1. The summed E-state index contributed by atoms with van der Waals surface area (Å²) in [5, 5.41) is 0. The molecule has 0 amide bonds. The smallest absolute Gasteiger partial charge is 0.0941 e. The van der Waals surface area contributed by atoms with Gasteiger partial charge in [-0.05, 0) is 26.5 Å². The molecule has 0 aliphatic heterocycles. The Balaban J connectivity index is 0.00000112. The van der Waals surface area contributed by atoms with E-state index in [0.29, 0.717) is 6.04 Å². The number of hydrogen-bond acceptors (Lipinski definition) is 3. The monoisotopic (exact) mass is 292 g/mol. The predicted molar refractivity (Wildman–Crippen MR) is 54.0 cm³/mol. The van der Waals surface area contributed by atoms with Gasteiger partial charge < -0.3 is 14.5 Å². The van der Waals surface area contributed by atoms with E-state index < -0.39 is 0 Å². The van der Waals surface area contributed by atoms with Crippen LogP contribution in [0.2, 0.25) is 0 Å². The number of imidazole rings is 1. The van der Waals surface area contributed by atoms with Crippen LogP contribution in [-0.2, 0) is 19.5 Å². The molecule has 83 valence electrons. The van der Waals surface area contributed by atoms with Crippen LogP contribution < -0.4 is 0 Å². The maximum Gasteiger partial charge on any atom is 0.0941 e. The molecule has 0 fully saturated rings. The van der Waals surface area contributed by atoms with Gasteiger partial charge in [0.25, 0.3) is 0 Å². The van der Waals surface area contributed by atoms with Crippen molar-refractivity contribution in [3.63, 3.8) is 0 Å². The average Bonchev–Trinajstić information content (AvgIpc) is 2.42. The molecule has 4 nitrogen and oxygen atoms in total. The van der Waals surface area contributed by atoms with E-state index in [1.807, 2.05) is 13.8 Å². The van der Waals surface area contributed by atoms with Crippen molar-refractivity contribution in [1.82, 2.24) is 19.5 Å². The standard InChI is InChI=1S/C10H13N4.Rh/c1-6(2)14-8(4)13-9-7(3)11-5-12-10(9)14;/h6H,1-4H3;/q-1;. The third-order valence-electron chi connectivity index (χ3n) is 2.29. The number of rotatable bonds is 1. The summed E-state index contributed by atoms with van der Waals surface area (Å²) < 4.78 is 2.10. The van der Waals surface area contributed by atoms with Crippen molar-refractivity contribution >= 4 is 11.2 Å². The van der Waals surface area contributed by atoms with Crippen LogP contribution in [0.25, 0.3) is 11.2 Å². The summed E-state index contributed by atoms with van der Waals surface area (Å²) in [6.07, 6.45) is 2.65. The normalized spacial score (nSPS) is 10.7. The minimum absolute atomic E-state index is 0. The van der Waals surface area contributed by atoms with Crippen LogP contribution in [0.4, 0.5) is 0 Å². The quantitative estimate of drug-likeness (QED) is 0.595. The molecule has 0 aliphatic rings. The maximum absolute atomic E-state index is 4.45. The summed E-state index contributed by atoms with van der Waals surface area (Å²) in [5.74, 6) is 0.979. The van der Waals surface area contributed by atoms with Gasteiger partial charge in [0, 0.05) is 43.0 Å². The van der Waals surface area contributed by atoms with E-state index in [2.05, 4.69) is 39.7 Å². The first-order valence-electron chi connectivity index (χ1n) is 4.70. The third kappa shape index (κ3) is 1.93. The molecule has 0 aromatic carbocycles. The largest absolute Gasteiger partial charge is 0.369 e. The summed E-state index contributed by atoms with van der Waals surface area (Å²) >= 11 is 0. The van der Waals surface area contributed by atoms with E-state index in [9.17, 15) is 0 Å². The van der Waals surface area contributed by atoms with Crippen molar-refractivity contribution in [1.29, 1.82) is 0 Å². The molecule has 2 aromatic rings. The van der Waals surface area contributed by atoms with E-state index in [1.165, 1.54) is 0 Å². The number of aryl methyl sites for hydroxylation is 2. The second-order valence-electron chi connectivity index (χ2n) is 3.70. The average molecular weight is 292 g/mol. The topological polar surface area (TPSA) is 43.6 Å². The second-order valence-corrected chi connectivity index (χ2v) is 3.70. The fraction of sp³-hybridized carbons (Fsp3) is 0.500. The molecule has 5 heteroatoms. The molecule has 0 aliphatic carbocycles. The Hall–Kier alpha value is -0.827. The Labute approximate surface area is 102 Å². The van der Waals surface area contributed by atoms with Crippen molar-refractivity contribution in [2.75, 3.05) is 0 Å². The molecular formula is C10H13N4Rh-. The summed E-state index contributed by atoms with van der Waals surface area (Å²) in [4.78, 5) is 12.6. The zero-order valence-corrected chi connectivity index (χ0v) is 10.8. The van der Waals surface area contributed by atoms with Gasteiger partial charge in [-0.25, -0.2) is 0 Å². The third-order valence-corrected chi connectivity index (χ3v) is 2.29. The van der Waals surface area contributed by atoms with Crippen molar-refractivity contribution in [2.24, 2.45) is 0 Å². The molecule has 0 unspecified atom stereocenters. The van der Waals surface area contributed by atoms with E-state index in [0.717, 1.165) is 22.7 Å². The number of aromatic nitrogens is 4. The minimum atomic E-state index is 0. The van der Waals surface area contributed by atoms with Crippen LogP contribution in [0.3, 0.4) is 0 Å². The van der Waals surface area contributed by atoms with Gasteiger partial charge in [0.2, 0.25) is 0 Å². The Morgan fingerprint density at radius 1 is 1.20 bits per heavy atom. The Kier molecular flexibility index (Phi) is 3.55. The summed E-state index contributed by atoms with van der Waals surface area (Å²) in [5.41, 5.74) is 2.65. The summed E-state index contributed by atoms with van der Waals surface area (Å²) in [6, 6.07) is 0.364. The first kappa shape index (κ1) is 12.2. The number of hydrogen-bond donors (Lipinski definition) is 0. The van der Waals surface area contributed by atoms with Crippen LogP contribution in [0.1, 0.15) is 31.4 Å². The molecular weight excluding hydrogens is 279 g/mol. The SMILES string of the molecule is Cc1n[c-]nc2c1nc(C)n2C(C)C.[Rh]. The van der Waals surface area contributed by atoms with Gasteiger partial charge in [0.1, 0.15) is 0 Å². The molecule has 0 atom stereocenters. The molecule has 0 saturated heterocycles. The van der Waals surface area contributed by atoms with Gasteiger partial charge in [0.15, 0.2) is 0 Å². The Morgan fingerprint density at radius 3 is 2.47 bits per heavy atom. The molecule has 1 radical (unpaired) electrons. The van der Waals surface area contributed by atoms with E-state index in [4.69, 9.17) is 0 Å². The van der Waals surface area contributed by atoms with Crippen molar-refractivity contribution in [3.8, 4) is 0 Å². The van der Waals surface area contributed by atoms with Gasteiger partial charge in [-0.2, -0.15) is 0 Å². The molecule has 0 saturated carbocycles. The molecule has 2 heterocycles. The second kappa shape index (κ2) is 4.35. The first-order valence-corrected chi connectivity index (χ1v) is 4.70. The van der Waals surface area contributed by atoms with Gasteiger partial charge in [0.05, 0.1) is 5.82 Å². The fourth-order valence-electron chi connectivity index (χ4n) is 1.70. The predicted octanol–water partition coefficient (Wildman–Crippen LogP) is 1.82. The number of nitrogens with zero attached hydrogens (tertiary/aromatic N) is 4. The molecule has 2 aromatic heterocycles. The molecule has 0 bridgehead atoms. The molecule has 2 rings (SSSR count). The van der Waals surface area contributed by atoms with E-state index in [-0.39, 0.29) is 19.5 Å². The van der Waals surface area contributed by atoms with Crippen molar-refractivity contribution < 1.29 is 19.5 Å². The van der Waals surface area contributed by atoms with Gasteiger partial charge in [-0.1, -0.05) is 6.92 Å². The Bertz CT molecular complexity index is 475. The minimum Gasteiger partial charge on any atom is -0.369 e. The fourth-order valence-corrected chi connectivity index (χ4v) is 1.70. The maximum atomic E-state index is 4.45. The van der Waals surface area contributed by atoms with Gasteiger partial charge >= 0.3 is 0 Å². The van der Waals surface area contributed by atoms with Crippen LogP contribution in [-0.4, -0.2) is 19.5 Å². The molecule has 0 spiro atoms. The Morgan fingerprint density at radius 2 is 1.87 bits per heavy atom. The van der Waals surface area contributed by atoms with Crippen LogP contribution >= 0.6 is 0 Å². The van der Waals surface area contributed by atoms with Gasteiger partial charge in [-0.15, -0.1) is 0 Å². The van der Waals surface area contributed by atoms with Crippen LogP contribution in [0.5, 0.6) is 0 Å². The van der Waals surface area contributed by atoms with E-state index in [1.54, 1.807) is 0 Å². The van der Waals surface area contributed by atoms with Crippen LogP contribution in [0.15, 0.2) is 0 Å². The van der Waals surface area contributed by atoms with Gasteiger partial charge in [-0.3, -0.25) is 4.98 Å². The zero-order valence-electron chi connectivity index (χ0n) is 9.20. The first-order chi connectivity index (χ1) is 6.61.